The second-order valence-corrected chi connectivity index (χ2v) is 5.18. The van der Waals surface area contributed by atoms with E-state index >= 15 is 0 Å². The Hall–Kier alpha value is -1.69. The first-order valence-electron chi connectivity index (χ1n) is 6.03. The molecule has 0 amide bonds. The molecule has 0 unspecified atom stereocenters. The van der Waals surface area contributed by atoms with E-state index in [9.17, 15) is 0 Å². The van der Waals surface area contributed by atoms with Crippen LogP contribution in [0.2, 0.25) is 0 Å². The minimum Gasteiger partial charge on any atom is -0.372 e. The van der Waals surface area contributed by atoms with E-state index in [4.69, 9.17) is 0 Å². The highest BCUT2D eigenvalue weighted by molar-refractivity contribution is 7.98. The molecule has 0 aromatic carbocycles. The van der Waals surface area contributed by atoms with Crippen molar-refractivity contribution in [3.8, 4) is 0 Å². The summed E-state index contributed by atoms with van der Waals surface area (Å²) in [5.74, 6) is 1.49. The molecule has 0 fully saturated rings. The third-order valence-corrected chi connectivity index (χ3v) is 3.80. The zero-order valence-corrected chi connectivity index (χ0v) is 12.4. The smallest absolute Gasteiger partial charge is 0.188 e. The maximum Gasteiger partial charge on any atom is 0.188 e. The van der Waals surface area contributed by atoms with Crippen LogP contribution in [0.15, 0.2) is 17.6 Å². The molecule has 0 bridgehead atoms. The van der Waals surface area contributed by atoms with Crippen LogP contribution >= 0.6 is 11.8 Å². The van der Waals surface area contributed by atoms with E-state index in [1.165, 1.54) is 0 Å². The predicted molar refractivity (Wildman–Crippen MR) is 77.4 cm³/mol. The molecule has 2 heterocycles. The highest BCUT2D eigenvalue weighted by atomic mass is 32.2. The van der Waals surface area contributed by atoms with Crippen molar-refractivity contribution < 1.29 is 0 Å². The van der Waals surface area contributed by atoms with E-state index in [-0.39, 0.29) is 0 Å². The molecule has 0 atom stereocenters. The molecule has 2 aromatic heterocycles. The van der Waals surface area contributed by atoms with Gasteiger partial charge in [0.15, 0.2) is 5.16 Å². The van der Waals surface area contributed by atoms with E-state index in [0.717, 1.165) is 39.4 Å². The Labute approximate surface area is 117 Å². The maximum absolute atomic E-state index is 4.47. The summed E-state index contributed by atoms with van der Waals surface area (Å²) in [5, 5.41) is 3.74. The number of thioether (sulfide) groups is 1. The topological polar surface area (TPSA) is 63.6 Å². The summed E-state index contributed by atoms with van der Waals surface area (Å²) in [4.78, 5) is 17.5. The number of nitrogens with zero attached hydrogens (tertiary/aromatic N) is 4. The average Bonchev–Trinajstić information content (AvgIpc) is 2.43. The zero-order valence-electron chi connectivity index (χ0n) is 11.6. The van der Waals surface area contributed by atoms with Gasteiger partial charge in [0.25, 0.3) is 0 Å². The van der Waals surface area contributed by atoms with Crippen LogP contribution in [0.3, 0.4) is 0 Å². The van der Waals surface area contributed by atoms with Gasteiger partial charge in [-0.05, 0) is 26.3 Å². The molecular formula is C13H17N5S. The molecule has 19 heavy (non-hydrogen) atoms. The van der Waals surface area contributed by atoms with Crippen LogP contribution in [0.5, 0.6) is 0 Å². The number of hydrogen-bond donors (Lipinski definition) is 1. The number of hydrogen-bond acceptors (Lipinski definition) is 6. The van der Waals surface area contributed by atoms with Gasteiger partial charge in [0.05, 0.1) is 18.1 Å². The van der Waals surface area contributed by atoms with E-state index < -0.39 is 0 Å². The summed E-state index contributed by atoms with van der Waals surface area (Å²) in [6.07, 6.45) is 3.50. The van der Waals surface area contributed by atoms with E-state index in [1.54, 1.807) is 24.2 Å². The molecule has 6 heteroatoms. The molecular weight excluding hydrogens is 258 g/mol. The SMILES string of the molecule is CNc1cnc(CSc2nc(C)c(C)c(C)n2)cn1. The molecule has 0 saturated carbocycles. The lowest BCUT2D eigenvalue weighted by Gasteiger charge is -2.06. The first-order chi connectivity index (χ1) is 9.10. The monoisotopic (exact) mass is 275 g/mol. The van der Waals surface area contributed by atoms with Gasteiger partial charge < -0.3 is 5.32 Å². The van der Waals surface area contributed by atoms with Crippen LogP contribution in [0.1, 0.15) is 22.6 Å². The number of aromatic nitrogens is 4. The van der Waals surface area contributed by atoms with Crippen LogP contribution < -0.4 is 5.32 Å². The first-order valence-corrected chi connectivity index (χ1v) is 7.02. The molecule has 100 valence electrons. The van der Waals surface area contributed by atoms with Crippen molar-refractivity contribution in [1.82, 2.24) is 19.9 Å². The molecule has 0 aliphatic carbocycles. The van der Waals surface area contributed by atoms with Crippen molar-refractivity contribution in [1.29, 1.82) is 0 Å². The Morgan fingerprint density at radius 1 is 1.05 bits per heavy atom. The summed E-state index contributed by atoms with van der Waals surface area (Å²) in [6, 6.07) is 0. The average molecular weight is 275 g/mol. The van der Waals surface area contributed by atoms with Gasteiger partial charge in [-0.25, -0.2) is 15.0 Å². The second kappa shape index (κ2) is 5.97. The van der Waals surface area contributed by atoms with Crippen molar-refractivity contribution in [2.75, 3.05) is 12.4 Å². The highest BCUT2D eigenvalue weighted by Gasteiger charge is 2.06. The standard InChI is InChI=1S/C13H17N5S/c1-8-9(2)17-13(18-10(8)3)19-7-11-5-16-12(14-4)6-15-11/h5-6H,7H2,1-4H3,(H,14,16). The minimum atomic E-state index is 0.721. The van der Waals surface area contributed by atoms with Crippen LogP contribution in [0.25, 0.3) is 0 Å². The van der Waals surface area contributed by atoms with Crippen LogP contribution in [-0.4, -0.2) is 27.0 Å². The number of anilines is 1. The lowest BCUT2D eigenvalue weighted by atomic mass is 10.2. The van der Waals surface area contributed by atoms with Crippen LogP contribution in [-0.2, 0) is 5.75 Å². The van der Waals surface area contributed by atoms with Crippen molar-refractivity contribution in [2.45, 2.75) is 31.7 Å². The summed E-state index contributed by atoms with van der Waals surface area (Å²) >= 11 is 1.58. The van der Waals surface area contributed by atoms with Gasteiger partial charge in [-0.15, -0.1) is 0 Å². The zero-order chi connectivity index (χ0) is 13.8. The first kappa shape index (κ1) is 13.7. The Kier molecular flexibility index (Phi) is 4.31. The van der Waals surface area contributed by atoms with Crippen molar-refractivity contribution in [3.05, 3.63) is 35.0 Å². The maximum atomic E-state index is 4.47. The van der Waals surface area contributed by atoms with Crippen LogP contribution in [0, 0.1) is 20.8 Å². The summed E-state index contributed by atoms with van der Waals surface area (Å²) in [7, 11) is 1.82. The Morgan fingerprint density at radius 3 is 2.26 bits per heavy atom. The van der Waals surface area contributed by atoms with Crippen molar-refractivity contribution in [3.63, 3.8) is 0 Å². The van der Waals surface area contributed by atoms with Gasteiger partial charge >= 0.3 is 0 Å². The third-order valence-electron chi connectivity index (χ3n) is 2.92. The molecule has 0 aliphatic rings. The predicted octanol–water partition coefficient (Wildman–Crippen LogP) is 2.53. The molecule has 0 spiro atoms. The lowest BCUT2D eigenvalue weighted by molar-refractivity contribution is 0.879. The lowest BCUT2D eigenvalue weighted by Crippen LogP contribution is -1.99. The fourth-order valence-corrected chi connectivity index (χ4v) is 2.33. The minimum absolute atomic E-state index is 0.721. The molecule has 0 saturated heterocycles. The highest BCUT2D eigenvalue weighted by Crippen LogP contribution is 2.20. The number of nitrogens with one attached hydrogen (secondary N) is 1. The molecule has 1 N–H and O–H groups in total. The van der Waals surface area contributed by atoms with E-state index in [2.05, 4.69) is 25.3 Å². The Morgan fingerprint density at radius 2 is 1.74 bits per heavy atom. The van der Waals surface area contributed by atoms with Gasteiger partial charge in [-0.3, -0.25) is 4.98 Å². The Balaban J connectivity index is 2.05. The molecule has 0 aliphatic heterocycles. The van der Waals surface area contributed by atoms with Crippen LogP contribution in [0.4, 0.5) is 5.82 Å². The molecule has 2 aromatic rings. The van der Waals surface area contributed by atoms with E-state index in [1.807, 2.05) is 27.8 Å². The summed E-state index contributed by atoms with van der Waals surface area (Å²) < 4.78 is 0. The largest absolute Gasteiger partial charge is 0.372 e. The second-order valence-electron chi connectivity index (χ2n) is 4.23. The fourth-order valence-electron chi connectivity index (χ4n) is 1.50. The molecule has 0 radical (unpaired) electrons. The van der Waals surface area contributed by atoms with Gasteiger partial charge in [-0.2, -0.15) is 0 Å². The van der Waals surface area contributed by atoms with E-state index in [0.29, 0.717) is 0 Å². The summed E-state index contributed by atoms with van der Waals surface area (Å²) in [6.45, 7) is 6.06. The van der Waals surface area contributed by atoms with Gasteiger partial charge in [-0.1, -0.05) is 11.8 Å². The van der Waals surface area contributed by atoms with Crippen molar-refractivity contribution >= 4 is 17.6 Å². The van der Waals surface area contributed by atoms with Crippen molar-refractivity contribution in [2.24, 2.45) is 0 Å². The third kappa shape index (κ3) is 3.41. The number of rotatable bonds is 4. The van der Waals surface area contributed by atoms with Gasteiger partial charge in [0.2, 0.25) is 0 Å². The molecule has 2 rings (SSSR count). The Bertz CT molecular complexity index is 545. The fraction of sp³-hybridized carbons (Fsp3) is 0.385. The normalized spacial score (nSPS) is 10.5. The quantitative estimate of drug-likeness (QED) is 0.683. The summed E-state index contributed by atoms with van der Waals surface area (Å²) in [5.41, 5.74) is 4.14. The number of aryl methyl sites for hydroxylation is 2. The molecule has 5 nitrogen and oxygen atoms in total. The van der Waals surface area contributed by atoms with Gasteiger partial charge in [0, 0.05) is 24.2 Å². The van der Waals surface area contributed by atoms with Gasteiger partial charge in [0.1, 0.15) is 5.82 Å².